The maximum atomic E-state index is 12.7. The second-order valence-electron chi connectivity index (χ2n) is 8.05. The molecule has 0 aliphatic heterocycles. The van der Waals surface area contributed by atoms with Gasteiger partial charge in [-0.1, -0.05) is 41.9 Å². The molecule has 0 saturated carbocycles. The van der Waals surface area contributed by atoms with Crippen LogP contribution >= 0.6 is 35.2 Å². The fourth-order valence-corrected chi connectivity index (χ4v) is 6.05. The van der Waals surface area contributed by atoms with Crippen LogP contribution in [0.15, 0.2) is 89.8 Å². The van der Waals surface area contributed by atoms with Gasteiger partial charge in [-0.2, -0.15) is 0 Å². The standard InChI is InChI=1S/C27H24ClN3O4S3/c1-2-35-26(32)24-17-22(16-18-6-4-3-5-7-18)37-25(24)30-27(36)29-20-12-14-23(15-13-20)38(33,34)31-21-10-8-19(28)9-11-21/h3-15,17,31H,2,16H2,1H3,(H2,29,30,36). The largest absolute Gasteiger partial charge is 0.462 e. The summed E-state index contributed by atoms with van der Waals surface area (Å²) in [7, 11) is -3.78. The molecule has 4 rings (SSSR count). The van der Waals surface area contributed by atoms with Crippen LogP contribution in [-0.4, -0.2) is 26.1 Å². The van der Waals surface area contributed by atoms with Crippen LogP contribution in [0.4, 0.5) is 16.4 Å². The zero-order valence-corrected chi connectivity index (χ0v) is 23.4. The van der Waals surface area contributed by atoms with Gasteiger partial charge in [0.25, 0.3) is 10.0 Å². The first kappa shape index (κ1) is 27.6. The van der Waals surface area contributed by atoms with E-state index in [9.17, 15) is 13.2 Å². The summed E-state index contributed by atoms with van der Waals surface area (Å²) < 4.78 is 33.1. The van der Waals surface area contributed by atoms with Crippen molar-refractivity contribution in [2.75, 3.05) is 22.0 Å². The maximum absolute atomic E-state index is 12.7. The van der Waals surface area contributed by atoms with E-state index in [2.05, 4.69) is 15.4 Å². The highest BCUT2D eigenvalue weighted by Crippen LogP contribution is 2.31. The lowest BCUT2D eigenvalue weighted by Gasteiger charge is -2.12. The van der Waals surface area contributed by atoms with Crippen molar-refractivity contribution in [2.45, 2.75) is 18.2 Å². The highest BCUT2D eigenvalue weighted by Gasteiger charge is 2.19. The van der Waals surface area contributed by atoms with E-state index in [1.165, 1.54) is 23.5 Å². The van der Waals surface area contributed by atoms with Gasteiger partial charge < -0.3 is 15.4 Å². The number of benzene rings is 3. The predicted molar refractivity (Wildman–Crippen MR) is 158 cm³/mol. The lowest BCUT2D eigenvalue weighted by molar-refractivity contribution is 0.0528. The summed E-state index contributed by atoms with van der Waals surface area (Å²) in [6.45, 7) is 2.01. The number of nitrogens with one attached hydrogen (secondary N) is 3. The highest BCUT2D eigenvalue weighted by molar-refractivity contribution is 7.92. The van der Waals surface area contributed by atoms with E-state index < -0.39 is 16.0 Å². The second kappa shape index (κ2) is 12.4. The molecule has 3 aromatic carbocycles. The number of hydrogen-bond acceptors (Lipinski definition) is 6. The third kappa shape index (κ3) is 7.32. The molecule has 0 aliphatic rings. The summed E-state index contributed by atoms with van der Waals surface area (Å²) in [5.74, 6) is -0.434. The number of esters is 1. The number of carbonyl (C=O) groups excluding carboxylic acids is 1. The average Bonchev–Trinajstić information content (AvgIpc) is 3.28. The summed E-state index contributed by atoms with van der Waals surface area (Å²) in [6, 6.07) is 24.3. The summed E-state index contributed by atoms with van der Waals surface area (Å²) in [6.07, 6.45) is 0.666. The number of carbonyl (C=O) groups is 1. The Hall–Kier alpha value is -3.44. The van der Waals surface area contributed by atoms with Gasteiger partial charge in [0.2, 0.25) is 0 Å². The first-order valence-electron chi connectivity index (χ1n) is 11.5. The van der Waals surface area contributed by atoms with Crippen molar-refractivity contribution in [1.82, 2.24) is 0 Å². The van der Waals surface area contributed by atoms with Crippen molar-refractivity contribution in [3.8, 4) is 0 Å². The summed E-state index contributed by atoms with van der Waals surface area (Å²) in [5, 5.41) is 7.44. The molecule has 196 valence electrons. The molecular weight excluding hydrogens is 562 g/mol. The van der Waals surface area contributed by atoms with Gasteiger partial charge in [0.15, 0.2) is 5.11 Å². The molecule has 0 fully saturated rings. The van der Waals surface area contributed by atoms with Crippen molar-refractivity contribution in [2.24, 2.45) is 0 Å². The van der Waals surface area contributed by atoms with Crippen molar-refractivity contribution >= 4 is 72.6 Å². The zero-order valence-electron chi connectivity index (χ0n) is 20.2. The van der Waals surface area contributed by atoms with Gasteiger partial charge in [-0.3, -0.25) is 4.72 Å². The monoisotopic (exact) mass is 585 g/mol. The van der Waals surface area contributed by atoms with Gasteiger partial charge in [-0.25, -0.2) is 13.2 Å². The van der Waals surface area contributed by atoms with Crippen LogP contribution in [0.1, 0.15) is 27.7 Å². The number of thiocarbonyl (C=S) groups is 1. The van der Waals surface area contributed by atoms with Crippen LogP contribution in [0.25, 0.3) is 0 Å². The second-order valence-corrected chi connectivity index (χ2v) is 11.7. The number of anilines is 3. The molecule has 38 heavy (non-hydrogen) atoms. The molecule has 3 N–H and O–H groups in total. The molecule has 11 heteroatoms. The Morgan fingerprint density at radius 2 is 1.61 bits per heavy atom. The third-order valence-corrected chi connectivity index (χ3v) is 8.15. The Kier molecular flexibility index (Phi) is 9.01. The molecule has 1 aromatic heterocycles. The van der Waals surface area contributed by atoms with Gasteiger partial charge in [0, 0.05) is 27.7 Å². The van der Waals surface area contributed by atoms with Crippen molar-refractivity contribution in [3.63, 3.8) is 0 Å². The van der Waals surface area contributed by atoms with Crippen LogP contribution < -0.4 is 15.4 Å². The first-order valence-corrected chi connectivity index (χ1v) is 14.6. The molecule has 0 atom stereocenters. The van der Waals surface area contributed by atoms with Crippen molar-refractivity contribution < 1.29 is 17.9 Å². The normalized spacial score (nSPS) is 11.0. The van der Waals surface area contributed by atoms with Crippen LogP contribution in [0.5, 0.6) is 0 Å². The number of ether oxygens (including phenoxy) is 1. The fourth-order valence-electron chi connectivity index (χ4n) is 3.49. The Balaban J connectivity index is 1.44. The molecule has 0 unspecified atom stereocenters. The molecule has 0 bridgehead atoms. The van der Waals surface area contributed by atoms with E-state index >= 15 is 0 Å². The minimum atomic E-state index is -3.78. The Labute approximate surface area is 235 Å². The Morgan fingerprint density at radius 1 is 0.947 bits per heavy atom. The molecule has 0 saturated heterocycles. The van der Waals surface area contributed by atoms with E-state index in [4.69, 9.17) is 28.6 Å². The number of sulfonamides is 1. The quantitative estimate of drug-likeness (QED) is 0.147. The molecule has 0 radical (unpaired) electrons. The van der Waals surface area contributed by atoms with Gasteiger partial charge in [0.05, 0.1) is 17.1 Å². The number of halogens is 1. The van der Waals surface area contributed by atoms with E-state index in [0.29, 0.717) is 33.4 Å². The minimum absolute atomic E-state index is 0.0882. The van der Waals surface area contributed by atoms with Gasteiger partial charge in [0.1, 0.15) is 5.00 Å². The van der Waals surface area contributed by atoms with E-state index in [1.807, 2.05) is 36.4 Å². The molecule has 0 amide bonds. The van der Waals surface area contributed by atoms with E-state index in [0.717, 1.165) is 10.4 Å². The predicted octanol–water partition coefficient (Wildman–Crippen LogP) is 6.78. The summed E-state index contributed by atoms with van der Waals surface area (Å²) in [4.78, 5) is 13.6. The minimum Gasteiger partial charge on any atom is -0.462 e. The Bertz CT molecular complexity index is 1520. The highest BCUT2D eigenvalue weighted by atomic mass is 35.5. The van der Waals surface area contributed by atoms with E-state index in [1.54, 1.807) is 43.3 Å². The molecule has 1 heterocycles. The Morgan fingerprint density at radius 3 is 2.26 bits per heavy atom. The first-order chi connectivity index (χ1) is 18.2. The molecule has 0 spiro atoms. The van der Waals surface area contributed by atoms with Gasteiger partial charge >= 0.3 is 5.97 Å². The van der Waals surface area contributed by atoms with Crippen molar-refractivity contribution in [1.29, 1.82) is 0 Å². The summed E-state index contributed by atoms with van der Waals surface area (Å²) in [5.41, 5.74) is 2.51. The number of hydrogen-bond donors (Lipinski definition) is 3. The number of rotatable bonds is 9. The third-order valence-electron chi connectivity index (χ3n) is 5.25. The smallest absolute Gasteiger partial charge is 0.341 e. The SMILES string of the molecule is CCOC(=O)c1cc(Cc2ccccc2)sc1NC(=S)Nc1ccc(S(=O)(=O)Nc2ccc(Cl)cc2)cc1. The number of thiophene rings is 1. The van der Waals surface area contributed by atoms with Crippen molar-refractivity contribution in [3.05, 3.63) is 106 Å². The maximum Gasteiger partial charge on any atom is 0.341 e. The van der Waals surface area contributed by atoms with Crippen LogP contribution in [0, 0.1) is 0 Å². The lowest BCUT2D eigenvalue weighted by Crippen LogP contribution is -2.20. The average molecular weight is 586 g/mol. The molecular formula is C27H24ClN3O4S3. The van der Waals surface area contributed by atoms with Crippen LogP contribution in [0.3, 0.4) is 0 Å². The molecule has 4 aromatic rings. The van der Waals surface area contributed by atoms with Crippen LogP contribution in [0.2, 0.25) is 5.02 Å². The van der Waals surface area contributed by atoms with Gasteiger partial charge in [-0.15, -0.1) is 11.3 Å². The topological polar surface area (TPSA) is 96.5 Å². The summed E-state index contributed by atoms with van der Waals surface area (Å²) >= 11 is 12.7. The lowest BCUT2D eigenvalue weighted by atomic mass is 10.1. The van der Waals surface area contributed by atoms with Gasteiger partial charge in [-0.05, 0) is 79.3 Å². The molecule has 7 nitrogen and oxygen atoms in total. The fraction of sp³-hybridized carbons (Fsp3) is 0.111. The molecule has 0 aliphatic carbocycles. The zero-order chi connectivity index (χ0) is 27.1. The van der Waals surface area contributed by atoms with E-state index in [-0.39, 0.29) is 16.6 Å². The van der Waals surface area contributed by atoms with Crippen LogP contribution in [-0.2, 0) is 21.2 Å².